The highest BCUT2D eigenvalue weighted by atomic mass is 127. The van der Waals surface area contributed by atoms with Crippen LogP contribution in [0.3, 0.4) is 0 Å². The molecule has 0 bridgehead atoms. The highest BCUT2D eigenvalue weighted by Gasteiger charge is 2.45. The largest absolute Gasteiger partial charge is 0.351 e. The van der Waals surface area contributed by atoms with Gasteiger partial charge in [-0.3, -0.25) is 4.79 Å². The lowest BCUT2D eigenvalue weighted by Crippen LogP contribution is -2.32. The van der Waals surface area contributed by atoms with E-state index >= 15 is 0 Å². The summed E-state index contributed by atoms with van der Waals surface area (Å²) in [6.07, 6.45) is 2.49. The van der Waals surface area contributed by atoms with Crippen molar-refractivity contribution in [1.82, 2.24) is 5.32 Å². The Morgan fingerprint density at radius 3 is 2.71 bits per heavy atom. The molecule has 17 heavy (non-hydrogen) atoms. The van der Waals surface area contributed by atoms with Crippen molar-refractivity contribution in [3.8, 4) is 0 Å². The summed E-state index contributed by atoms with van der Waals surface area (Å²) in [5.41, 5.74) is 1.13. The van der Waals surface area contributed by atoms with E-state index in [2.05, 4.69) is 41.8 Å². The Bertz CT molecular complexity index is 424. The zero-order valence-corrected chi connectivity index (χ0v) is 12.5. The first-order valence-electron chi connectivity index (χ1n) is 6.07. The second-order valence-corrected chi connectivity index (χ2v) is 6.46. The molecule has 1 aliphatic rings. The maximum Gasteiger partial charge on any atom is 0.251 e. The van der Waals surface area contributed by atoms with Crippen molar-refractivity contribution in [3.05, 3.63) is 33.4 Å². The van der Waals surface area contributed by atoms with Crippen LogP contribution in [0.4, 0.5) is 0 Å². The van der Waals surface area contributed by atoms with Crippen LogP contribution in [0.5, 0.6) is 0 Å². The lowest BCUT2D eigenvalue weighted by molar-refractivity contribution is 0.0939. The third kappa shape index (κ3) is 3.00. The molecule has 0 unspecified atom stereocenters. The number of hydrogen-bond donors (Lipinski definition) is 1. The van der Waals surface area contributed by atoms with Gasteiger partial charge < -0.3 is 5.32 Å². The first-order valence-corrected chi connectivity index (χ1v) is 7.15. The van der Waals surface area contributed by atoms with Crippen LogP contribution in [0.2, 0.25) is 0 Å². The van der Waals surface area contributed by atoms with Crippen LogP contribution in [0.15, 0.2) is 24.3 Å². The number of amides is 1. The van der Waals surface area contributed by atoms with Crippen molar-refractivity contribution in [1.29, 1.82) is 0 Å². The summed E-state index contributed by atoms with van der Waals surface area (Å²) < 4.78 is 1.10. The van der Waals surface area contributed by atoms with Crippen LogP contribution in [0.25, 0.3) is 0 Å². The van der Waals surface area contributed by atoms with Gasteiger partial charge in [0.15, 0.2) is 0 Å². The number of hydrogen-bond acceptors (Lipinski definition) is 1. The van der Waals surface area contributed by atoms with Gasteiger partial charge in [-0.25, -0.2) is 0 Å². The highest BCUT2D eigenvalue weighted by molar-refractivity contribution is 14.1. The zero-order valence-electron chi connectivity index (χ0n) is 10.3. The average molecular weight is 343 g/mol. The molecular formula is C14H18INO. The molecule has 1 aromatic carbocycles. The number of benzene rings is 1. The van der Waals surface area contributed by atoms with Gasteiger partial charge in [-0.05, 0) is 65.0 Å². The molecule has 1 fully saturated rings. The summed E-state index contributed by atoms with van der Waals surface area (Å²) in [5.74, 6) is 0.703. The van der Waals surface area contributed by atoms with Gasteiger partial charge in [0.25, 0.3) is 5.91 Å². The van der Waals surface area contributed by atoms with Crippen LogP contribution in [-0.2, 0) is 0 Å². The number of rotatable bonds is 4. The van der Waals surface area contributed by atoms with E-state index in [4.69, 9.17) is 0 Å². The van der Waals surface area contributed by atoms with Gasteiger partial charge >= 0.3 is 0 Å². The fourth-order valence-electron chi connectivity index (χ4n) is 2.11. The van der Waals surface area contributed by atoms with Crippen molar-refractivity contribution in [2.75, 3.05) is 6.54 Å². The maximum atomic E-state index is 12.0. The molecule has 0 atom stereocenters. The zero-order chi connectivity index (χ0) is 12.5. The van der Waals surface area contributed by atoms with E-state index < -0.39 is 0 Å². The van der Waals surface area contributed by atoms with Gasteiger partial charge in [-0.2, -0.15) is 0 Å². The summed E-state index contributed by atoms with van der Waals surface area (Å²) in [4.78, 5) is 12.0. The maximum absolute atomic E-state index is 12.0. The van der Waals surface area contributed by atoms with Crippen molar-refractivity contribution >= 4 is 28.5 Å². The second kappa shape index (κ2) is 4.96. The molecule has 1 amide bonds. The van der Waals surface area contributed by atoms with Crippen LogP contribution in [-0.4, -0.2) is 12.5 Å². The summed E-state index contributed by atoms with van der Waals surface area (Å²) in [6, 6.07) is 7.71. The number of halogens is 1. The van der Waals surface area contributed by atoms with Crippen LogP contribution in [0.1, 0.15) is 37.0 Å². The molecule has 1 saturated carbocycles. The number of carbonyl (C=O) groups excluding carboxylic acids is 1. The Morgan fingerprint density at radius 1 is 1.47 bits per heavy atom. The quantitative estimate of drug-likeness (QED) is 0.834. The summed E-state index contributed by atoms with van der Waals surface area (Å²) in [5, 5.41) is 3.07. The topological polar surface area (TPSA) is 29.1 Å². The van der Waals surface area contributed by atoms with Gasteiger partial charge in [-0.1, -0.05) is 19.9 Å². The van der Waals surface area contributed by atoms with Crippen LogP contribution >= 0.6 is 22.6 Å². The monoisotopic (exact) mass is 343 g/mol. The Hall–Kier alpha value is -0.580. The Kier molecular flexibility index (Phi) is 3.76. The van der Waals surface area contributed by atoms with Crippen molar-refractivity contribution in [2.24, 2.45) is 11.3 Å². The van der Waals surface area contributed by atoms with E-state index in [-0.39, 0.29) is 5.91 Å². The smallest absolute Gasteiger partial charge is 0.251 e. The van der Waals surface area contributed by atoms with Crippen LogP contribution < -0.4 is 5.32 Å². The van der Waals surface area contributed by atoms with Crippen molar-refractivity contribution in [3.63, 3.8) is 0 Å². The van der Waals surface area contributed by atoms with E-state index in [1.54, 1.807) is 0 Å². The molecule has 0 saturated heterocycles. The molecular weight excluding hydrogens is 325 g/mol. The molecule has 0 spiro atoms. The summed E-state index contributed by atoms with van der Waals surface area (Å²) >= 11 is 2.23. The minimum absolute atomic E-state index is 0.0513. The van der Waals surface area contributed by atoms with Crippen LogP contribution in [0, 0.1) is 14.9 Å². The lowest BCUT2D eigenvalue weighted by atomic mass is 9.92. The fourth-order valence-corrected chi connectivity index (χ4v) is 2.65. The molecule has 3 heteroatoms. The Balaban J connectivity index is 1.94. The van der Waals surface area contributed by atoms with E-state index in [9.17, 15) is 4.79 Å². The standard InChI is InChI=1S/C14H18INO/c1-10(2)14(6-7-14)9-16-13(17)11-4-3-5-12(15)8-11/h3-5,8,10H,6-7,9H2,1-2H3,(H,16,17). The Morgan fingerprint density at radius 2 is 2.18 bits per heavy atom. The molecule has 0 heterocycles. The Labute approximate surface area is 116 Å². The van der Waals surface area contributed by atoms with Gasteiger partial charge in [0.2, 0.25) is 0 Å². The minimum atomic E-state index is 0.0513. The van der Waals surface area contributed by atoms with Crippen molar-refractivity contribution < 1.29 is 4.79 Å². The third-order valence-corrected chi connectivity index (χ3v) is 4.48. The predicted molar refractivity (Wildman–Crippen MR) is 78.0 cm³/mol. The normalized spacial score (nSPS) is 16.9. The number of nitrogens with one attached hydrogen (secondary N) is 1. The second-order valence-electron chi connectivity index (χ2n) is 5.21. The minimum Gasteiger partial charge on any atom is -0.351 e. The molecule has 0 aliphatic heterocycles. The lowest BCUT2D eigenvalue weighted by Gasteiger charge is -2.20. The predicted octanol–water partition coefficient (Wildman–Crippen LogP) is 3.46. The first kappa shape index (κ1) is 12.9. The molecule has 1 aromatic rings. The SMILES string of the molecule is CC(C)C1(CNC(=O)c2cccc(I)c2)CC1. The van der Waals surface area contributed by atoms with Gasteiger partial charge in [0.05, 0.1) is 0 Å². The van der Waals surface area contributed by atoms with Gasteiger partial charge in [0.1, 0.15) is 0 Å². The van der Waals surface area contributed by atoms with E-state index in [1.165, 1.54) is 12.8 Å². The van der Waals surface area contributed by atoms with Gasteiger partial charge in [0, 0.05) is 15.7 Å². The molecule has 0 aromatic heterocycles. The molecule has 1 aliphatic carbocycles. The van der Waals surface area contributed by atoms with Crippen molar-refractivity contribution in [2.45, 2.75) is 26.7 Å². The third-order valence-electron chi connectivity index (χ3n) is 3.80. The molecule has 0 radical (unpaired) electrons. The number of carbonyl (C=O) groups is 1. The van der Waals surface area contributed by atoms with E-state index in [0.29, 0.717) is 11.3 Å². The van der Waals surface area contributed by atoms with E-state index in [1.807, 2.05) is 24.3 Å². The van der Waals surface area contributed by atoms with Gasteiger partial charge in [-0.15, -0.1) is 0 Å². The summed E-state index contributed by atoms with van der Waals surface area (Å²) in [6.45, 7) is 5.30. The average Bonchev–Trinajstić information content (AvgIpc) is 3.07. The summed E-state index contributed by atoms with van der Waals surface area (Å²) in [7, 11) is 0. The molecule has 2 rings (SSSR count). The molecule has 92 valence electrons. The van der Waals surface area contributed by atoms with E-state index in [0.717, 1.165) is 15.7 Å². The molecule has 2 nitrogen and oxygen atoms in total. The highest BCUT2D eigenvalue weighted by Crippen LogP contribution is 2.51. The molecule has 1 N–H and O–H groups in total. The fraction of sp³-hybridized carbons (Fsp3) is 0.500. The first-order chi connectivity index (χ1) is 8.03.